The van der Waals surface area contributed by atoms with Gasteiger partial charge in [0.2, 0.25) is 10.0 Å². The molecule has 0 saturated carbocycles. The van der Waals surface area contributed by atoms with Crippen LogP contribution in [-0.2, 0) is 21.4 Å². The normalized spacial score (nSPS) is 19.2. The number of amides is 1. The van der Waals surface area contributed by atoms with Crippen molar-refractivity contribution < 1.29 is 17.9 Å². The molecular formula is C17H21N3O4S2. The Hall–Kier alpha value is -1.97. The second kappa shape index (κ2) is 7.34. The van der Waals surface area contributed by atoms with Crippen molar-refractivity contribution in [3.63, 3.8) is 0 Å². The highest BCUT2D eigenvalue weighted by Gasteiger charge is 2.36. The SMILES string of the molecule is C=CCn1c(=NC(=O)C2CCCN2S(C)(=O)=O)sc2cc(OC)ccc21. The number of hydrogen-bond donors (Lipinski definition) is 0. The van der Waals surface area contributed by atoms with Crippen molar-refractivity contribution in [1.29, 1.82) is 0 Å². The summed E-state index contributed by atoms with van der Waals surface area (Å²) in [5, 5.41) is 0. The van der Waals surface area contributed by atoms with Gasteiger partial charge in [-0.2, -0.15) is 9.30 Å². The minimum absolute atomic E-state index is 0.362. The molecule has 0 N–H and O–H groups in total. The Balaban J connectivity index is 2.07. The van der Waals surface area contributed by atoms with Gasteiger partial charge < -0.3 is 9.30 Å². The van der Waals surface area contributed by atoms with E-state index < -0.39 is 22.0 Å². The van der Waals surface area contributed by atoms with E-state index in [1.54, 1.807) is 13.2 Å². The largest absolute Gasteiger partial charge is 0.497 e. The lowest BCUT2D eigenvalue weighted by atomic mass is 10.2. The lowest BCUT2D eigenvalue weighted by Crippen LogP contribution is -2.39. The van der Waals surface area contributed by atoms with Crippen molar-refractivity contribution in [2.45, 2.75) is 25.4 Å². The smallest absolute Gasteiger partial charge is 0.266 e. The first-order chi connectivity index (χ1) is 12.3. The van der Waals surface area contributed by atoms with Crippen LogP contribution < -0.4 is 9.54 Å². The summed E-state index contributed by atoms with van der Waals surface area (Å²) in [5.41, 5.74) is 0.925. The highest BCUT2D eigenvalue weighted by Crippen LogP contribution is 2.24. The summed E-state index contributed by atoms with van der Waals surface area (Å²) in [5.74, 6) is 0.297. The van der Waals surface area contributed by atoms with E-state index in [9.17, 15) is 13.2 Å². The summed E-state index contributed by atoms with van der Waals surface area (Å²) >= 11 is 1.37. The van der Waals surface area contributed by atoms with Crippen LogP contribution in [0.4, 0.5) is 0 Å². The Bertz CT molecular complexity index is 1020. The highest BCUT2D eigenvalue weighted by atomic mass is 32.2. The molecule has 0 bridgehead atoms. The Labute approximate surface area is 156 Å². The summed E-state index contributed by atoms with van der Waals surface area (Å²) < 4.78 is 33.1. The average Bonchev–Trinajstić information content (AvgIpc) is 3.20. The van der Waals surface area contributed by atoms with E-state index in [0.717, 1.165) is 22.2 Å². The molecule has 26 heavy (non-hydrogen) atoms. The van der Waals surface area contributed by atoms with Crippen LogP contribution in [0.2, 0.25) is 0 Å². The van der Waals surface area contributed by atoms with E-state index in [1.165, 1.54) is 15.6 Å². The number of methoxy groups -OCH3 is 1. The van der Waals surface area contributed by atoms with Gasteiger partial charge in [-0.25, -0.2) is 8.42 Å². The Morgan fingerprint density at radius 3 is 2.92 bits per heavy atom. The molecule has 7 nitrogen and oxygen atoms in total. The molecule has 140 valence electrons. The number of carbonyl (C=O) groups excluding carboxylic acids is 1. The number of carbonyl (C=O) groups is 1. The molecule has 1 amide bonds. The number of nitrogens with zero attached hydrogens (tertiary/aromatic N) is 3. The first-order valence-electron chi connectivity index (χ1n) is 8.19. The monoisotopic (exact) mass is 395 g/mol. The predicted molar refractivity (Wildman–Crippen MR) is 102 cm³/mol. The number of rotatable bonds is 5. The molecule has 3 rings (SSSR count). The summed E-state index contributed by atoms with van der Waals surface area (Å²) in [6.07, 6.45) is 4.02. The van der Waals surface area contributed by atoms with Crippen LogP contribution in [0.25, 0.3) is 10.2 Å². The van der Waals surface area contributed by atoms with E-state index in [0.29, 0.717) is 30.7 Å². The minimum atomic E-state index is -3.43. The van der Waals surface area contributed by atoms with Gasteiger partial charge in [-0.05, 0) is 31.0 Å². The number of sulfonamides is 1. The number of allylic oxidation sites excluding steroid dienone is 1. The first kappa shape index (κ1) is 18.8. The lowest BCUT2D eigenvalue weighted by Gasteiger charge is -2.18. The maximum atomic E-state index is 12.7. The molecule has 1 aliphatic heterocycles. The Kier molecular flexibility index (Phi) is 5.31. The van der Waals surface area contributed by atoms with Gasteiger partial charge >= 0.3 is 0 Å². The molecule has 0 aliphatic carbocycles. The minimum Gasteiger partial charge on any atom is -0.497 e. The zero-order valence-corrected chi connectivity index (χ0v) is 16.3. The Morgan fingerprint density at radius 2 is 2.27 bits per heavy atom. The molecule has 1 unspecified atom stereocenters. The fourth-order valence-corrected chi connectivity index (χ4v) is 5.32. The number of thiazole rings is 1. The fourth-order valence-electron chi connectivity index (χ4n) is 3.12. The van der Waals surface area contributed by atoms with Crippen molar-refractivity contribution in [2.24, 2.45) is 4.99 Å². The van der Waals surface area contributed by atoms with Gasteiger partial charge in [0.1, 0.15) is 11.8 Å². The quantitative estimate of drug-likeness (QED) is 0.723. The summed E-state index contributed by atoms with van der Waals surface area (Å²) in [6.45, 7) is 4.62. The maximum Gasteiger partial charge on any atom is 0.266 e. The van der Waals surface area contributed by atoms with E-state index in [1.807, 2.05) is 22.8 Å². The van der Waals surface area contributed by atoms with Crippen LogP contribution in [0, 0.1) is 0 Å². The second-order valence-electron chi connectivity index (χ2n) is 6.10. The van der Waals surface area contributed by atoms with E-state index in [2.05, 4.69) is 11.6 Å². The topological polar surface area (TPSA) is 81.0 Å². The van der Waals surface area contributed by atoms with Crippen LogP contribution >= 0.6 is 11.3 Å². The van der Waals surface area contributed by atoms with Gasteiger partial charge in [-0.1, -0.05) is 17.4 Å². The van der Waals surface area contributed by atoms with Crippen LogP contribution in [0.1, 0.15) is 12.8 Å². The molecule has 1 saturated heterocycles. The zero-order valence-electron chi connectivity index (χ0n) is 14.7. The number of fused-ring (bicyclic) bond motifs is 1. The molecule has 2 heterocycles. The van der Waals surface area contributed by atoms with Gasteiger partial charge in [0.15, 0.2) is 4.80 Å². The third-order valence-corrected chi connectivity index (χ3v) is 6.65. The van der Waals surface area contributed by atoms with Crippen LogP contribution in [0.15, 0.2) is 35.8 Å². The highest BCUT2D eigenvalue weighted by molar-refractivity contribution is 7.88. The summed E-state index contributed by atoms with van der Waals surface area (Å²) in [4.78, 5) is 17.5. The number of hydrogen-bond acceptors (Lipinski definition) is 5. The maximum absolute atomic E-state index is 12.7. The van der Waals surface area contributed by atoms with Gasteiger partial charge in [-0.3, -0.25) is 4.79 Å². The van der Waals surface area contributed by atoms with E-state index in [-0.39, 0.29) is 0 Å². The molecule has 1 atom stereocenters. The Morgan fingerprint density at radius 1 is 1.50 bits per heavy atom. The van der Waals surface area contributed by atoms with Crippen molar-refractivity contribution in [2.75, 3.05) is 19.9 Å². The first-order valence-corrected chi connectivity index (χ1v) is 10.9. The fraction of sp³-hybridized carbons (Fsp3) is 0.412. The van der Waals surface area contributed by atoms with Crippen molar-refractivity contribution in [3.8, 4) is 5.75 Å². The van der Waals surface area contributed by atoms with Crippen molar-refractivity contribution in [3.05, 3.63) is 35.7 Å². The molecule has 9 heteroatoms. The van der Waals surface area contributed by atoms with Gasteiger partial charge in [0.05, 0.1) is 23.6 Å². The van der Waals surface area contributed by atoms with Crippen molar-refractivity contribution in [1.82, 2.24) is 8.87 Å². The van der Waals surface area contributed by atoms with Gasteiger partial charge in [0.25, 0.3) is 5.91 Å². The standard InChI is InChI=1S/C17H21N3O4S2/c1-4-9-19-13-8-7-12(24-2)11-15(13)25-17(19)18-16(21)14-6-5-10-20(14)26(3,22)23/h4,7-8,11,14H,1,5-6,9-10H2,2-3H3. The van der Waals surface area contributed by atoms with E-state index in [4.69, 9.17) is 4.74 Å². The third-order valence-electron chi connectivity index (χ3n) is 4.32. The van der Waals surface area contributed by atoms with Crippen LogP contribution in [0.5, 0.6) is 5.75 Å². The predicted octanol–water partition coefficient (Wildman–Crippen LogP) is 1.75. The molecule has 2 aromatic rings. The van der Waals surface area contributed by atoms with Gasteiger partial charge in [0, 0.05) is 13.1 Å². The van der Waals surface area contributed by atoms with E-state index >= 15 is 0 Å². The molecular weight excluding hydrogens is 374 g/mol. The molecule has 0 radical (unpaired) electrons. The summed E-state index contributed by atoms with van der Waals surface area (Å²) in [6, 6.07) is 4.93. The van der Waals surface area contributed by atoms with Crippen LogP contribution in [-0.4, -0.2) is 49.1 Å². The third kappa shape index (κ3) is 3.60. The molecule has 1 aliphatic rings. The van der Waals surface area contributed by atoms with Crippen molar-refractivity contribution >= 4 is 37.5 Å². The summed E-state index contributed by atoms with van der Waals surface area (Å²) in [7, 11) is -1.83. The number of aromatic nitrogens is 1. The molecule has 1 fully saturated rings. The van der Waals surface area contributed by atoms with Gasteiger partial charge in [-0.15, -0.1) is 6.58 Å². The lowest BCUT2D eigenvalue weighted by molar-refractivity contribution is -0.121. The second-order valence-corrected chi connectivity index (χ2v) is 9.04. The molecule has 0 spiro atoms. The zero-order chi connectivity index (χ0) is 18.9. The molecule has 1 aromatic heterocycles. The molecule has 1 aromatic carbocycles. The number of ether oxygens (including phenoxy) is 1. The average molecular weight is 396 g/mol. The van der Waals surface area contributed by atoms with Crippen LogP contribution in [0.3, 0.4) is 0 Å². The number of benzene rings is 1.